The van der Waals surface area contributed by atoms with Gasteiger partial charge >= 0.3 is 5.97 Å². The Morgan fingerprint density at radius 1 is 0.957 bits per heavy atom. The van der Waals surface area contributed by atoms with Crippen LogP contribution >= 0.6 is 11.6 Å². The van der Waals surface area contributed by atoms with Gasteiger partial charge in [-0.2, -0.15) is 0 Å². The van der Waals surface area contributed by atoms with Crippen LogP contribution in [0.3, 0.4) is 0 Å². The average molecular weight is 332 g/mol. The van der Waals surface area contributed by atoms with E-state index < -0.39 is 5.97 Å². The van der Waals surface area contributed by atoms with Gasteiger partial charge in [-0.15, -0.1) is 0 Å². The van der Waals surface area contributed by atoms with Crippen molar-refractivity contribution in [3.8, 4) is 0 Å². The van der Waals surface area contributed by atoms with Crippen molar-refractivity contribution in [2.24, 2.45) is 0 Å². The lowest BCUT2D eigenvalue weighted by Crippen LogP contribution is -2.14. The highest BCUT2D eigenvalue weighted by atomic mass is 35.5. The van der Waals surface area contributed by atoms with Crippen LogP contribution in [0.2, 0.25) is 5.02 Å². The molecule has 4 nitrogen and oxygen atoms in total. The summed E-state index contributed by atoms with van der Waals surface area (Å²) in [5, 5.41) is 3.06. The van der Waals surface area contributed by atoms with Crippen LogP contribution in [0.4, 0.5) is 5.69 Å². The maximum atomic E-state index is 12.5. The highest BCUT2D eigenvalue weighted by Gasteiger charge is 2.14. The van der Waals surface area contributed by atoms with E-state index in [-0.39, 0.29) is 16.5 Å². The quantitative estimate of drug-likeness (QED) is 0.853. The number of ether oxygens (including phenoxy) is 1. The zero-order valence-electron chi connectivity index (χ0n) is 13.5. The summed E-state index contributed by atoms with van der Waals surface area (Å²) >= 11 is 5.97. The molecule has 2 aromatic rings. The fourth-order valence-corrected chi connectivity index (χ4v) is 2.47. The molecule has 1 amide bonds. The van der Waals surface area contributed by atoms with Crippen molar-refractivity contribution in [1.82, 2.24) is 0 Å². The highest BCUT2D eigenvalue weighted by Crippen LogP contribution is 2.23. The van der Waals surface area contributed by atoms with E-state index in [0.29, 0.717) is 11.3 Å². The van der Waals surface area contributed by atoms with E-state index in [1.54, 1.807) is 12.1 Å². The Morgan fingerprint density at radius 3 is 2.26 bits per heavy atom. The second-order valence-electron chi connectivity index (χ2n) is 5.39. The van der Waals surface area contributed by atoms with Gasteiger partial charge in [-0.25, -0.2) is 4.79 Å². The predicted molar refractivity (Wildman–Crippen MR) is 91.4 cm³/mol. The SMILES string of the molecule is COC(=O)c1cc(NC(=O)c2cc(C)c(C)cc2C)ccc1Cl. The lowest BCUT2D eigenvalue weighted by atomic mass is 10.0. The van der Waals surface area contributed by atoms with E-state index in [4.69, 9.17) is 11.6 Å². The van der Waals surface area contributed by atoms with Crippen LogP contribution in [-0.2, 0) is 4.74 Å². The molecule has 0 fully saturated rings. The fourth-order valence-electron chi connectivity index (χ4n) is 2.27. The Hall–Kier alpha value is -2.33. The van der Waals surface area contributed by atoms with Crippen LogP contribution in [0, 0.1) is 20.8 Å². The number of rotatable bonds is 3. The van der Waals surface area contributed by atoms with Gasteiger partial charge in [-0.3, -0.25) is 4.79 Å². The number of anilines is 1. The molecule has 0 aromatic heterocycles. The highest BCUT2D eigenvalue weighted by molar-refractivity contribution is 6.33. The van der Waals surface area contributed by atoms with Gasteiger partial charge in [-0.1, -0.05) is 17.7 Å². The summed E-state index contributed by atoms with van der Waals surface area (Å²) < 4.78 is 4.67. The van der Waals surface area contributed by atoms with Crippen molar-refractivity contribution in [2.75, 3.05) is 12.4 Å². The number of halogens is 1. The number of methoxy groups -OCH3 is 1. The lowest BCUT2D eigenvalue weighted by Gasteiger charge is -2.11. The number of benzene rings is 2. The van der Waals surface area contributed by atoms with Gasteiger partial charge in [-0.05, 0) is 61.7 Å². The minimum absolute atomic E-state index is 0.212. The second kappa shape index (κ2) is 6.84. The fraction of sp³-hybridized carbons (Fsp3) is 0.222. The average Bonchev–Trinajstić information content (AvgIpc) is 2.51. The Morgan fingerprint density at radius 2 is 1.61 bits per heavy atom. The van der Waals surface area contributed by atoms with Crippen LogP contribution in [0.15, 0.2) is 30.3 Å². The number of nitrogens with one attached hydrogen (secondary N) is 1. The van der Waals surface area contributed by atoms with Crippen LogP contribution in [0.25, 0.3) is 0 Å². The molecule has 0 heterocycles. The third-order valence-electron chi connectivity index (χ3n) is 3.71. The molecule has 120 valence electrons. The molecule has 1 N–H and O–H groups in total. The first-order valence-electron chi connectivity index (χ1n) is 7.10. The summed E-state index contributed by atoms with van der Waals surface area (Å²) in [5.74, 6) is -0.780. The zero-order valence-corrected chi connectivity index (χ0v) is 14.2. The first-order chi connectivity index (χ1) is 10.8. The van der Waals surface area contributed by atoms with Crippen molar-refractivity contribution >= 4 is 29.2 Å². The molecule has 0 radical (unpaired) electrons. The lowest BCUT2D eigenvalue weighted by molar-refractivity contribution is 0.0600. The van der Waals surface area contributed by atoms with Crippen molar-refractivity contribution < 1.29 is 14.3 Å². The number of hydrogen-bond donors (Lipinski definition) is 1. The van der Waals surface area contributed by atoms with Gasteiger partial charge in [0, 0.05) is 11.3 Å². The largest absolute Gasteiger partial charge is 0.465 e. The first-order valence-corrected chi connectivity index (χ1v) is 7.48. The first kappa shape index (κ1) is 17.0. The molecule has 0 atom stereocenters. The molecule has 2 aromatic carbocycles. The smallest absolute Gasteiger partial charge is 0.339 e. The van der Waals surface area contributed by atoms with Gasteiger partial charge in [0.25, 0.3) is 5.91 Å². The van der Waals surface area contributed by atoms with Gasteiger partial charge in [0.15, 0.2) is 0 Å². The molecule has 0 spiro atoms. The maximum absolute atomic E-state index is 12.5. The van der Waals surface area contributed by atoms with Crippen molar-refractivity contribution in [1.29, 1.82) is 0 Å². The zero-order chi connectivity index (χ0) is 17.1. The Labute approximate surface area is 140 Å². The molecule has 2 rings (SSSR count). The van der Waals surface area contributed by atoms with Crippen LogP contribution in [-0.4, -0.2) is 19.0 Å². The summed E-state index contributed by atoms with van der Waals surface area (Å²) in [5.41, 5.74) is 4.38. The molecule has 0 saturated carbocycles. The molecule has 0 aliphatic heterocycles. The maximum Gasteiger partial charge on any atom is 0.339 e. The van der Waals surface area contributed by atoms with Crippen molar-refractivity contribution in [3.05, 3.63) is 63.2 Å². The minimum atomic E-state index is -0.548. The standard InChI is InChI=1S/C18H18ClNO3/c1-10-7-12(3)14(8-11(10)2)17(21)20-13-5-6-16(19)15(9-13)18(22)23-4/h5-9H,1-4H3,(H,20,21). The van der Waals surface area contributed by atoms with E-state index in [9.17, 15) is 9.59 Å². The van der Waals surface area contributed by atoms with Crippen LogP contribution in [0.1, 0.15) is 37.4 Å². The molecular weight excluding hydrogens is 314 g/mol. The number of carbonyl (C=O) groups excluding carboxylic acids is 2. The third kappa shape index (κ3) is 3.71. The molecular formula is C18H18ClNO3. The number of hydrogen-bond acceptors (Lipinski definition) is 3. The Balaban J connectivity index is 2.31. The third-order valence-corrected chi connectivity index (χ3v) is 4.04. The minimum Gasteiger partial charge on any atom is -0.465 e. The van der Waals surface area contributed by atoms with Gasteiger partial charge in [0.1, 0.15) is 0 Å². The monoisotopic (exact) mass is 331 g/mol. The number of carbonyl (C=O) groups is 2. The Bertz CT molecular complexity index is 784. The van der Waals surface area contributed by atoms with Crippen molar-refractivity contribution in [2.45, 2.75) is 20.8 Å². The topological polar surface area (TPSA) is 55.4 Å². The summed E-state index contributed by atoms with van der Waals surface area (Å²) in [6.07, 6.45) is 0. The molecule has 0 unspecified atom stereocenters. The summed E-state index contributed by atoms with van der Waals surface area (Å²) in [6, 6.07) is 8.53. The molecule has 23 heavy (non-hydrogen) atoms. The van der Waals surface area contributed by atoms with E-state index in [2.05, 4.69) is 10.1 Å². The summed E-state index contributed by atoms with van der Waals surface area (Å²) in [4.78, 5) is 24.1. The molecule has 0 aliphatic rings. The number of aryl methyl sites for hydroxylation is 3. The van der Waals surface area contributed by atoms with Crippen molar-refractivity contribution in [3.63, 3.8) is 0 Å². The van der Waals surface area contributed by atoms with Gasteiger partial charge in [0.05, 0.1) is 17.7 Å². The number of amides is 1. The van der Waals surface area contributed by atoms with E-state index in [1.807, 2.05) is 32.9 Å². The summed E-state index contributed by atoms with van der Waals surface area (Å²) in [7, 11) is 1.28. The van der Waals surface area contributed by atoms with E-state index in [0.717, 1.165) is 16.7 Å². The summed E-state index contributed by atoms with van der Waals surface area (Å²) in [6.45, 7) is 5.86. The normalized spacial score (nSPS) is 10.3. The molecule has 0 saturated heterocycles. The van der Waals surface area contributed by atoms with Gasteiger partial charge in [0.2, 0.25) is 0 Å². The van der Waals surface area contributed by atoms with Crippen LogP contribution in [0.5, 0.6) is 0 Å². The van der Waals surface area contributed by atoms with E-state index >= 15 is 0 Å². The number of esters is 1. The molecule has 0 bridgehead atoms. The predicted octanol–water partition coefficient (Wildman–Crippen LogP) is 4.30. The van der Waals surface area contributed by atoms with Crippen LogP contribution < -0.4 is 5.32 Å². The Kier molecular flexibility index (Phi) is 5.06. The van der Waals surface area contributed by atoms with Gasteiger partial charge < -0.3 is 10.1 Å². The second-order valence-corrected chi connectivity index (χ2v) is 5.80. The van der Waals surface area contributed by atoms with E-state index in [1.165, 1.54) is 13.2 Å². The molecule has 0 aliphatic carbocycles. The molecule has 5 heteroatoms.